The zero-order chi connectivity index (χ0) is 16.2. The number of carbonyl (C=O) groups excluding carboxylic acids is 1. The number of nitrogens with one attached hydrogen (secondary N) is 1. The topological polar surface area (TPSA) is 64.7 Å². The summed E-state index contributed by atoms with van der Waals surface area (Å²) < 4.78 is 3.41. The maximum atomic E-state index is 12.0. The van der Waals surface area contributed by atoms with Gasteiger partial charge in [0.2, 0.25) is 5.91 Å². The molecule has 118 valence electrons. The maximum Gasteiger partial charge on any atom is 0.247 e. The molecule has 0 atom stereocenters. The molecule has 6 heteroatoms. The lowest BCUT2D eigenvalue weighted by molar-refractivity contribution is -0.116. The number of benzene rings is 1. The predicted molar refractivity (Wildman–Crippen MR) is 88.1 cm³/mol. The van der Waals surface area contributed by atoms with Gasteiger partial charge in [-0.25, -0.2) is 0 Å². The molecular weight excluding hydrogens is 290 g/mol. The van der Waals surface area contributed by atoms with Gasteiger partial charge in [-0.05, 0) is 25.5 Å². The molecule has 0 bridgehead atoms. The third-order valence-electron chi connectivity index (χ3n) is 3.45. The highest BCUT2D eigenvalue weighted by molar-refractivity contribution is 5.89. The Morgan fingerprint density at radius 2 is 1.74 bits per heavy atom. The Labute approximate surface area is 134 Å². The SMILES string of the molecule is Cc1ccc(Cn2ccc(NC(=O)Cn3ccc(C)n3)n2)cc1. The van der Waals surface area contributed by atoms with E-state index in [0.717, 1.165) is 5.69 Å². The summed E-state index contributed by atoms with van der Waals surface area (Å²) in [5, 5.41) is 11.3. The van der Waals surface area contributed by atoms with Crippen LogP contribution >= 0.6 is 0 Å². The number of anilines is 1. The summed E-state index contributed by atoms with van der Waals surface area (Å²) >= 11 is 0. The van der Waals surface area contributed by atoms with E-state index in [9.17, 15) is 4.79 Å². The fraction of sp³-hybridized carbons (Fsp3) is 0.235. The molecule has 0 aliphatic rings. The van der Waals surface area contributed by atoms with E-state index in [1.54, 1.807) is 21.6 Å². The minimum Gasteiger partial charge on any atom is -0.308 e. The molecule has 0 saturated carbocycles. The van der Waals surface area contributed by atoms with Crippen molar-refractivity contribution < 1.29 is 4.79 Å². The maximum absolute atomic E-state index is 12.0. The molecule has 2 heterocycles. The fourth-order valence-electron chi connectivity index (χ4n) is 2.28. The number of hydrogen-bond donors (Lipinski definition) is 1. The van der Waals surface area contributed by atoms with Gasteiger partial charge in [-0.3, -0.25) is 14.2 Å². The Morgan fingerprint density at radius 3 is 2.43 bits per heavy atom. The van der Waals surface area contributed by atoms with Gasteiger partial charge in [0.1, 0.15) is 6.54 Å². The summed E-state index contributed by atoms with van der Waals surface area (Å²) in [5.41, 5.74) is 3.29. The molecule has 3 aromatic rings. The molecule has 6 nitrogen and oxygen atoms in total. The van der Waals surface area contributed by atoms with E-state index in [1.165, 1.54) is 11.1 Å². The summed E-state index contributed by atoms with van der Waals surface area (Å²) in [7, 11) is 0. The highest BCUT2D eigenvalue weighted by Gasteiger charge is 2.07. The van der Waals surface area contributed by atoms with E-state index >= 15 is 0 Å². The average Bonchev–Trinajstić information content (AvgIpc) is 3.11. The second-order valence-electron chi connectivity index (χ2n) is 5.59. The van der Waals surface area contributed by atoms with Gasteiger partial charge in [0.25, 0.3) is 0 Å². The number of carbonyl (C=O) groups is 1. The Balaban J connectivity index is 1.58. The van der Waals surface area contributed by atoms with Crippen LogP contribution in [0.4, 0.5) is 5.82 Å². The Morgan fingerprint density at radius 1 is 1.00 bits per heavy atom. The monoisotopic (exact) mass is 309 g/mol. The molecule has 0 saturated heterocycles. The lowest BCUT2D eigenvalue weighted by Crippen LogP contribution is -2.19. The second-order valence-corrected chi connectivity index (χ2v) is 5.59. The largest absolute Gasteiger partial charge is 0.308 e. The number of aromatic nitrogens is 4. The number of hydrogen-bond acceptors (Lipinski definition) is 3. The fourth-order valence-corrected chi connectivity index (χ4v) is 2.28. The van der Waals surface area contributed by atoms with Crippen LogP contribution in [0, 0.1) is 13.8 Å². The molecule has 0 spiro atoms. The molecule has 1 amide bonds. The molecule has 0 aliphatic carbocycles. The van der Waals surface area contributed by atoms with Gasteiger partial charge in [0.05, 0.1) is 12.2 Å². The van der Waals surface area contributed by atoms with Gasteiger partial charge in [0.15, 0.2) is 5.82 Å². The van der Waals surface area contributed by atoms with Crippen LogP contribution in [0.25, 0.3) is 0 Å². The third kappa shape index (κ3) is 4.06. The first-order chi connectivity index (χ1) is 11.1. The zero-order valence-corrected chi connectivity index (χ0v) is 13.2. The third-order valence-corrected chi connectivity index (χ3v) is 3.45. The van der Waals surface area contributed by atoms with Crippen molar-refractivity contribution in [2.45, 2.75) is 26.9 Å². The van der Waals surface area contributed by atoms with Crippen LogP contribution < -0.4 is 5.32 Å². The highest BCUT2D eigenvalue weighted by atomic mass is 16.2. The van der Waals surface area contributed by atoms with Crippen molar-refractivity contribution in [1.29, 1.82) is 0 Å². The van der Waals surface area contributed by atoms with Crippen LogP contribution in [-0.4, -0.2) is 25.5 Å². The van der Waals surface area contributed by atoms with Crippen LogP contribution in [-0.2, 0) is 17.9 Å². The van der Waals surface area contributed by atoms with E-state index in [0.29, 0.717) is 12.4 Å². The van der Waals surface area contributed by atoms with Gasteiger partial charge < -0.3 is 5.32 Å². The van der Waals surface area contributed by atoms with Crippen molar-refractivity contribution in [3.8, 4) is 0 Å². The van der Waals surface area contributed by atoms with Crippen molar-refractivity contribution in [2.75, 3.05) is 5.32 Å². The Bertz CT molecular complexity index is 801. The first-order valence-electron chi connectivity index (χ1n) is 7.47. The lowest BCUT2D eigenvalue weighted by Gasteiger charge is -2.04. The molecular formula is C17H19N5O. The normalized spacial score (nSPS) is 10.7. The predicted octanol–water partition coefficient (Wildman–Crippen LogP) is 2.38. The van der Waals surface area contributed by atoms with E-state index in [1.807, 2.05) is 19.2 Å². The zero-order valence-electron chi connectivity index (χ0n) is 13.2. The molecule has 1 N–H and O–H groups in total. The van der Waals surface area contributed by atoms with Crippen molar-refractivity contribution in [2.24, 2.45) is 0 Å². The molecule has 23 heavy (non-hydrogen) atoms. The number of amides is 1. The molecule has 3 rings (SSSR count). The van der Waals surface area contributed by atoms with E-state index in [2.05, 4.69) is 46.7 Å². The molecule has 1 aromatic carbocycles. The van der Waals surface area contributed by atoms with Crippen LogP contribution in [0.3, 0.4) is 0 Å². The summed E-state index contributed by atoms with van der Waals surface area (Å²) in [6.45, 7) is 4.81. The van der Waals surface area contributed by atoms with E-state index in [4.69, 9.17) is 0 Å². The minimum atomic E-state index is -0.145. The Hall–Kier alpha value is -2.89. The highest BCUT2D eigenvalue weighted by Crippen LogP contribution is 2.08. The first kappa shape index (κ1) is 15.0. The quantitative estimate of drug-likeness (QED) is 0.787. The summed E-state index contributed by atoms with van der Waals surface area (Å²) in [4.78, 5) is 12.0. The van der Waals surface area contributed by atoms with Crippen LogP contribution in [0.1, 0.15) is 16.8 Å². The number of aryl methyl sites for hydroxylation is 2. The molecule has 0 aliphatic heterocycles. The number of rotatable bonds is 5. The van der Waals surface area contributed by atoms with Crippen LogP contribution in [0.5, 0.6) is 0 Å². The second kappa shape index (κ2) is 6.48. The summed E-state index contributed by atoms with van der Waals surface area (Å²) in [5.74, 6) is 0.402. The van der Waals surface area contributed by atoms with Crippen molar-refractivity contribution in [3.63, 3.8) is 0 Å². The minimum absolute atomic E-state index is 0.145. The summed E-state index contributed by atoms with van der Waals surface area (Å²) in [6, 6.07) is 12.0. The molecule has 0 unspecified atom stereocenters. The number of nitrogens with zero attached hydrogens (tertiary/aromatic N) is 4. The van der Waals surface area contributed by atoms with Gasteiger partial charge in [0, 0.05) is 18.5 Å². The van der Waals surface area contributed by atoms with Crippen molar-refractivity contribution in [1.82, 2.24) is 19.6 Å². The van der Waals surface area contributed by atoms with Gasteiger partial charge in [-0.15, -0.1) is 0 Å². The first-order valence-corrected chi connectivity index (χ1v) is 7.47. The standard InChI is InChI=1S/C17H19N5O/c1-13-3-5-15(6-4-13)11-21-10-8-16(20-21)18-17(23)12-22-9-7-14(2)19-22/h3-10H,11-12H2,1-2H3,(H,18,20,23). The van der Waals surface area contributed by atoms with Crippen molar-refractivity contribution in [3.05, 3.63) is 65.6 Å². The summed E-state index contributed by atoms with van der Waals surface area (Å²) in [6.07, 6.45) is 3.64. The lowest BCUT2D eigenvalue weighted by atomic mass is 10.1. The average molecular weight is 309 g/mol. The van der Waals surface area contributed by atoms with Crippen LogP contribution in [0.15, 0.2) is 48.8 Å². The van der Waals surface area contributed by atoms with Crippen molar-refractivity contribution >= 4 is 11.7 Å². The van der Waals surface area contributed by atoms with Crippen LogP contribution in [0.2, 0.25) is 0 Å². The smallest absolute Gasteiger partial charge is 0.247 e. The van der Waals surface area contributed by atoms with Gasteiger partial charge >= 0.3 is 0 Å². The Kier molecular flexibility index (Phi) is 4.23. The van der Waals surface area contributed by atoms with E-state index in [-0.39, 0.29) is 12.5 Å². The molecule has 2 aromatic heterocycles. The van der Waals surface area contributed by atoms with Gasteiger partial charge in [-0.1, -0.05) is 29.8 Å². The molecule has 0 fully saturated rings. The van der Waals surface area contributed by atoms with Gasteiger partial charge in [-0.2, -0.15) is 10.2 Å². The molecule has 0 radical (unpaired) electrons. The van der Waals surface area contributed by atoms with E-state index < -0.39 is 0 Å².